The monoisotopic (exact) mass is 614 g/mol. The topological polar surface area (TPSA) is 41.9 Å². The molecule has 0 N–H and O–H groups in total. The number of nitrogens with zero attached hydrogens (tertiary/aromatic N) is 2. The van der Waals surface area contributed by atoms with E-state index in [0.717, 1.165) is 43.0 Å². The molecular formula is C41H62N2O2. The number of ether oxygens (including phenoxy) is 1. The van der Waals surface area contributed by atoms with Gasteiger partial charge in [-0.2, -0.15) is 0 Å². The van der Waals surface area contributed by atoms with Crippen LogP contribution in [0.2, 0.25) is 0 Å². The van der Waals surface area contributed by atoms with Gasteiger partial charge in [0.2, 0.25) is 5.91 Å². The lowest BCUT2D eigenvalue weighted by molar-refractivity contribution is -0.116. The van der Waals surface area contributed by atoms with Gasteiger partial charge in [0.25, 0.3) is 0 Å². The number of rotatable bonds is 19. The summed E-state index contributed by atoms with van der Waals surface area (Å²) in [5.74, 6) is 0.989. The number of amides is 1. The average molecular weight is 615 g/mol. The first-order valence-electron chi connectivity index (χ1n) is 17.8. The fraction of sp³-hybridized carbons (Fsp3) is 0.610. The van der Waals surface area contributed by atoms with E-state index < -0.39 is 0 Å². The van der Waals surface area contributed by atoms with Crippen LogP contribution in [0.15, 0.2) is 59.1 Å². The van der Waals surface area contributed by atoms with Crippen molar-refractivity contribution in [1.29, 1.82) is 0 Å². The number of hydrogen-bond acceptors (Lipinski definition) is 3. The van der Waals surface area contributed by atoms with Gasteiger partial charge in [-0.3, -0.25) is 9.79 Å². The van der Waals surface area contributed by atoms with Crippen LogP contribution in [0.4, 0.5) is 5.69 Å². The SMILES string of the molecule is CCCCCCCCCCCCCCOc1cc(CN(C(C)=O)c2ccc(CC3(C)CN=CC=C3C)cc2)ccc1C(C)(C)C. The van der Waals surface area contributed by atoms with Crippen molar-refractivity contribution in [3.05, 3.63) is 70.8 Å². The molecule has 4 nitrogen and oxygen atoms in total. The van der Waals surface area contributed by atoms with Gasteiger partial charge in [-0.25, -0.2) is 0 Å². The number of dihydropyridines is 1. The van der Waals surface area contributed by atoms with Crippen molar-refractivity contribution in [3.8, 4) is 5.75 Å². The van der Waals surface area contributed by atoms with Crippen LogP contribution in [0, 0.1) is 5.41 Å². The van der Waals surface area contributed by atoms with Crippen LogP contribution in [0.3, 0.4) is 0 Å². The summed E-state index contributed by atoms with van der Waals surface area (Å²) in [6, 6.07) is 15.0. The molecule has 3 rings (SSSR count). The second kappa shape index (κ2) is 18.3. The van der Waals surface area contributed by atoms with Crippen LogP contribution in [0.5, 0.6) is 5.75 Å². The standard InChI is InChI=1S/C41H62N2O2/c1-8-9-10-11-12-13-14-15-16-17-18-19-28-45-39-29-36(22-25-38(39)40(4,5)6)31-43(34(3)44)37-23-20-35(21-24-37)30-41(7)32-42-27-26-33(41)2/h20-27,29H,8-19,28,30-32H2,1-7H3. The molecule has 0 fully saturated rings. The third kappa shape index (κ3) is 12.1. The Balaban J connectivity index is 1.54. The summed E-state index contributed by atoms with van der Waals surface area (Å²) in [7, 11) is 0. The van der Waals surface area contributed by atoms with Crippen LogP contribution < -0.4 is 9.64 Å². The van der Waals surface area contributed by atoms with E-state index in [9.17, 15) is 4.79 Å². The fourth-order valence-corrected chi connectivity index (χ4v) is 6.28. The van der Waals surface area contributed by atoms with Crippen LogP contribution in [0.25, 0.3) is 0 Å². The number of carbonyl (C=O) groups is 1. The number of hydrogen-bond donors (Lipinski definition) is 0. The summed E-state index contributed by atoms with van der Waals surface area (Å²) in [6.45, 7) is 17.2. The zero-order valence-electron chi connectivity index (χ0n) is 29.7. The molecule has 1 aliphatic heterocycles. The minimum atomic E-state index is -0.0195. The van der Waals surface area contributed by atoms with Gasteiger partial charge in [-0.05, 0) is 66.1 Å². The van der Waals surface area contributed by atoms with Gasteiger partial charge in [0.05, 0.1) is 13.2 Å². The third-order valence-electron chi connectivity index (χ3n) is 9.49. The quantitative estimate of drug-likeness (QED) is 0.148. The lowest BCUT2D eigenvalue weighted by Gasteiger charge is -2.31. The predicted octanol–water partition coefficient (Wildman–Crippen LogP) is 11.2. The molecule has 45 heavy (non-hydrogen) atoms. The van der Waals surface area contributed by atoms with E-state index in [1.54, 1.807) is 6.92 Å². The van der Waals surface area contributed by atoms with Crippen molar-refractivity contribution < 1.29 is 9.53 Å². The average Bonchev–Trinajstić information content (AvgIpc) is 3.00. The minimum absolute atomic E-state index is 0.0195. The Morgan fingerprint density at radius 3 is 2.00 bits per heavy atom. The van der Waals surface area contributed by atoms with E-state index >= 15 is 0 Å². The third-order valence-corrected chi connectivity index (χ3v) is 9.49. The normalized spacial score (nSPS) is 16.5. The first kappa shape index (κ1) is 36.6. The van der Waals surface area contributed by atoms with Crippen LogP contribution in [-0.2, 0) is 23.2 Å². The van der Waals surface area contributed by atoms with Crippen molar-refractivity contribution in [3.63, 3.8) is 0 Å². The molecule has 0 saturated carbocycles. The van der Waals surface area contributed by atoms with Crippen LogP contribution >= 0.6 is 0 Å². The molecule has 0 spiro atoms. The Morgan fingerprint density at radius 1 is 0.867 bits per heavy atom. The molecule has 1 aliphatic rings. The van der Waals surface area contributed by atoms with Crippen LogP contribution in [-0.4, -0.2) is 25.3 Å². The molecular weight excluding hydrogens is 552 g/mol. The zero-order valence-corrected chi connectivity index (χ0v) is 29.7. The molecule has 248 valence electrons. The maximum absolute atomic E-state index is 12.8. The molecule has 0 saturated heterocycles. The maximum Gasteiger partial charge on any atom is 0.224 e. The van der Waals surface area contributed by atoms with Crippen molar-refractivity contribution in [2.75, 3.05) is 18.1 Å². The number of anilines is 1. The van der Waals surface area contributed by atoms with Gasteiger partial charge >= 0.3 is 0 Å². The predicted molar refractivity (Wildman–Crippen MR) is 194 cm³/mol. The molecule has 2 aromatic carbocycles. The van der Waals surface area contributed by atoms with E-state index in [1.165, 1.54) is 87.3 Å². The number of benzene rings is 2. The largest absolute Gasteiger partial charge is 0.493 e. The summed E-state index contributed by atoms with van der Waals surface area (Å²) in [6.07, 6.45) is 21.0. The molecule has 1 heterocycles. The highest BCUT2D eigenvalue weighted by Gasteiger charge is 2.28. The molecule has 0 radical (unpaired) electrons. The van der Waals surface area contributed by atoms with E-state index in [-0.39, 0.29) is 16.7 Å². The second-order valence-electron chi connectivity index (χ2n) is 14.7. The van der Waals surface area contributed by atoms with E-state index in [4.69, 9.17) is 4.74 Å². The number of aliphatic imine (C=N–C) groups is 1. The van der Waals surface area contributed by atoms with E-state index in [0.29, 0.717) is 6.54 Å². The van der Waals surface area contributed by atoms with Crippen molar-refractivity contribution in [1.82, 2.24) is 0 Å². The Kier molecular flexibility index (Phi) is 14.9. The number of carbonyl (C=O) groups excluding carboxylic acids is 1. The lowest BCUT2D eigenvalue weighted by Crippen LogP contribution is -2.28. The van der Waals surface area contributed by atoms with Crippen molar-refractivity contribution in [2.24, 2.45) is 10.4 Å². The molecule has 0 aromatic heterocycles. The summed E-state index contributed by atoms with van der Waals surface area (Å²) in [5, 5.41) is 0. The fourth-order valence-electron chi connectivity index (χ4n) is 6.28. The lowest BCUT2D eigenvalue weighted by atomic mass is 9.76. The minimum Gasteiger partial charge on any atom is -0.493 e. The molecule has 2 aromatic rings. The molecule has 1 unspecified atom stereocenters. The van der Waals surface area contributed by atoms with Gasteiger partial charge in [-0.15, -0.1) is 0 Å². The molecule has 4 heteroatoms. The Morgan fingerprint density at radius 2 is 1.44 bits per heavy atom. The summed E-state index contributed by atoms with van der Waals surface area (Å²) < 4.78 is 6.43. The highest BCUT2D eigenvalue weighted by molar-refractivity contribution is 5.91. The van der Waals surface area contributed by atoms with Gasteiger partial charge in [0, 0.05) is 30.8 Å². The summed E-state index contributed by atoms with van der Waals surface area (Å²) in [5.41, 5.74) is 5.86. The summed E-state index contributed by atoms with van der Waals surface area (Å²) >= 11 is 0. The van der Waals surface area contributed by atoms with Gasteiger partial charge < -0.3 is 9.64 Å². The summed E-state index contributed by atoms with van der Waals surface area (Å²) in [4.78, 5) is 19.2. The van der Waals surface area contributed by atoms with E-state index in [1.807, 2.05) is 11.1 Å². The Labute approximate surface area is 275 Å². The zero-order chi connectivity index (χ0) is 32.7. The maximum atomic E-state index is 12.8. The number of unbranched alkanes of at least 4 members (excludes halogenated alkanes) is 11. The Bertz CT molecular complexity index is 1240. The van der Waals surface area contributed by atoms with Crippen LogP contribution in [0.1, 0.15) is 142 Å². The smallest absolute Gasteiger partial charge is 0.224 e. The van der Waals surface area contributed by atoms with Gasteiger partial charge in [-0.1, -0.05) is 135 Å². The van der Waals surface area contributed by atoms with Crippen molar-refractivity contribution in [2.45, 2.75) is 144 Å². The molecule has 0 bridgehead atoms. The first-order valence-corrected chi connectivity index (χ1v) is 17.8. The highest BCUT2D eigenvalue weighted by Crippen LogP contribution is 2.35. The van der Waals surface area contributed by atoms with Gasteiger partial charge in [0.15, 0.2) is 0 Å². The highest BCUT2D eigenvalue weighted by atomic mass is 16.5. The second-order valence-corrected chi connectivity index (χ2v) is 14.7. The van der Waals surface area contributed by atoms with Gasteiger partial charge in [0.1, 0.15) is 5.75 Å². The molecule has 1 amide bonds. The molecule has 0 aliphatic carbocycles. The molecule has 1 atom stereocenters. The van der Waals surface area contributed by atoms with Crippen molar-refractivity contribution >= 4 is 17.8 Å². The number of allylic oxidation sites excluding steroid dienone is 1. The van der Waals surface area contributed by atoms with E-state index in [2.05, 4.69) is 95.1 Å². The first-order chi connectivity index (χ1) is 21.5. The Hall–Kier alpha value is -2.88.